The molecule has 1 heterocycles. The van der Waals surface area contributed by atoms with E-state index in [9.17, 15) is 14.4 Å². The lowest BCUT2D eigenvalue weighted by Gasteiger charge is -2.16. The molecule has 1 aromatic carbocycles. The van der Waals surface area contributed by atoms with Crippen LogP contribution in [0.3, 0.4) is 0 Å². The normalized spacial score (nSPS) is 11.3. The molecule has 0 saturated carbocycles. The Morgan fingerprint density at radius 3 is 2.54 bits per heavy atom. The van der Waals surface area contributed by atoms with Crippen LogP contribution in [0.25, 0.3) is 0 Å². The summed E-state index contributed by atoms with van der Waals surface area (Å²) < 4.78 is 4.68. The summed E-state index contributed by atoms with van der Waals surface area (Å²) in [6.45, 7) is 0.180. The number of benzene rings is 1. The summed E-state index contributed by atoms with van der Waals surface area (Å²) in [5, 5.41) is 9.98. The molecule has 0 aliphatic rings. The second-order valence-electron chi connectivity index (χ2n) is 5.41. The predicted molar refractivity (Wildman–Crippen MR) is 99.9 cm³/mol. The van der Waals surface area contributed by atoms with Crippen molar-refractivity contribution in [3.05, 3.63) is 52.7 Å². The van der Waals surface area contributed by atoms with Crippen molar-refractivity contribution in [3.63, 3.8) is 0 Å². The van der Waals surface area contributed by atoms with Crippen molar-refractivity contribution in [2.75, 3.05) is 19.0 Å². The fourth-order valence-electron chi connectivity index (χ4n) is 2.22. The molecule has 1 aromatic heterocycles. The second-order valence-corrected chi connectivity index (χ2v) is 6.39. The molecule has 3 amide bonds. The minimum Gasteiger partial charge on any atom is -0.469 e. The largest absolute Gasteiger partial charge is 0.469 e. The van der Waals surface area contributed by atoms with Gasteiger partial charge in [0.25, 0.3) is 0 Å². The number of urea groups is 1. The van der Waals surface area contributed by atoms with E-state index in [-0.39, 0.29) is 31.3 Å². The summed E-state index contributed by atoms with van der Waals surface area (Å²) in [6, 6.07) is 11.9. The first kappa shape index (κ1) is 19.5. The van der Waals surface area contributed by atoms with Gasteiger partial charge < -0.3 is 20.7 Å². The van der Waals surface area contributed by atoms with E-state index in [4.69, 9.17) is 0 Å². The number of hydrogen-bond acceptors (Lipinski definition) is 5. The van der Waals surface area contributed by atoms with Crippen LogP contribution in [0.15, 0.2) is 47.8 Å². The lowest BCUT2D eigenvalue weighted by atomic mass is 10.1. The number of amides is 3. The van der Waals surface area contributed by atoms with Gasteiger partial charge in [-0.25, -0.2) is 4.79 Å². The zero-order chi connectivity index (χ0) is 18.8. The van der Waals surface area contributed by atoms with Crippen LogP contribution in [0.2, 0.25) is 0 Å². The van der Waals surface area contributed by atoms with Gasteiger partial charge in [0.15, 0.2) is 0 Å². The highest BCUT2D eigenvalue weighted by molar-refractivity contribution is 7.10. The van der Waals surface area contributed by atoms with Crippen LogP contribution >= 0.6 is 11.3 Å². The number of esters is 1. The van der Waals surface area contributed by atoms with Gasteiger partial charge in [0.1, 0.15) is 0 Å². The number of rotatable bonds is 8. The zero-order valence-corrected chi connectivity index (χ0v) is 15.2. The average molecular weight is 375 g/mol. The van der Waals surface area contributed by atoms with Crippen molar-refractivity contribution in [1.82, 2.24) is 10.6 Å². The van der Waals surface area contributed by atoms with Crippen molar-refractivity contribution < 1.29 is 19.1 Å². The van der Waals surface area contributed by atoms with E-state index in [0.29, 0.717) is 5.69 Å². The van der Waals surface area contributed by atoms with Crippen molar-refractivity contribution in [3.8, 4) is 0 Å². The summed E-state index contributed by atoms with van der Waals surface area (Å²) in [5.41, 5.74) is 0.672. The minimum absolute atomic E-state index is 0.0602. The smallest absolute Gasteiger partial charge is 0.319 e. The molecule has 0 spiro atoms. The number of ether oxygens (including phenoxy) is 1. The van der Waals surface area contributed by atoms with Crippen LogP contribution in [0.4, 0.5) is 10.5 Å². The van der Waals surface area contributed by atoms with Crippen LogP contribution in [0, 0.1) is 0 Å². The van der Waals surface area contributed by atoms with Gasteiger partial charge in [-0.15, -0.1) is 11.3 Å². The number of thiophene rings is 1. The first-order valence-corrected chi connectivity index (χ1v) is 8.96. The summed E-state index contributed by atoms with van der Waals surface area (Å²) in [4.78, 5) is 36.3. The van der Waals surface area contributed by atoms with Gasteiger partial charge in [-0.1, -0.05) is 24.3 Å². The van der Waals surface area contributed by atoms with E-state index < -0.39 is 12.0 Å². The Morgan fingerprint density at radius 1 is 1.12 bits per heavy atom. The molecule has 0 unspecified atom stereocenters. The van der Waals surface area contributed by atoms with Gasteiger partial charge in [-0.05, 0) is 23.6 Å². The number of methoxy groups -OCH3 is 1. The van der Waals surface area contributed by atoms with Gasteiger partial charge in [0.2, 0.25) is 5.91 Å². The third-order valence-corrected chi connectivity index (χ3v) is 4.48. The van der Waals surface area contributed by atoms with Crippen molar-refractivity contribution in [2.45, 2.75) is 18.9 Å². The highest BCUT2D eigenvalue weighted by Crippen LogP contribution is 2.22. The first-order chi connectivity index (χ1) is 12.6. The fourth-order valence-corrected chi connectivity index (χ4v) is 2.99. The molecular weight excluding hydrogens is 354 g/mol. The number of nitrogens with one attached hydrogen (secondary N) is 3. The molecule has 138 valence electrons. The van der Waals surface area contributed by atoms with E-state index in [1.54, 1.807) is 12.1 Å². The highest BCUT2D eigenvalue weighted by atomic mass is 32.1. The zero-order valence-electron chi connectivity index (χ0n) is 14.4. The van der Waals surface area contributed by atoms with Crippen molar-refractivity contribution in [1.29, 1.82) is 0 Å². The minimum atomic E-state index is -0.437. The molecule has 1 atom stereocenters. The molecule has 2 rings (SSSR count). The third-order valence-electron chi connectivity index (χ3n) is 3.49. The Kier molecular flexibility index (Phi) is 7.63. The standard InChI is InChI=1S/C18H21N3O4S/c1-25-17(23)12-14(15-8-5-11-26-15)21-16(22)9-10-19-18(24)20-13-6-3-2-4-7-13/h2-8,11,14H,9-10,12H2,1H3,(H,21,22)(H2,19,20,24)/t14-/m0/s1. The molecule has 0 bridgehead atoms. The topological polar surface area (TPSA) is 96.5 Å². The maximum atomic E-state index is 12.1. The molecule has 7 nitrogen and oxygen atoms in total. The maximum Gasteiger partial charge on any atom is 0.319 e. The van der Waals surface area contributed by atoms with Gasteiger partial charge >= 0.3 is 12.0 Å². The second kappa shape index (κ2) is 10.2. The summed E-state index contributed by atoms with van der Waals surface area (Å²) in [7, 11) is 1.31. The summed E-state index contributed by atoms with van der Waals surface area (Å²) in [6.07, 6.45) is 0.163. The van der Waals surface area contributed by atoms with Crippen LogP contribution in [0.1, 0.15) is 23.8 Å². The molecule has 2 aromatic rings. The molecule has 0 radical (unpaired) electrons. The summed E-state index contributed by atoms with van der Waals surface area (Å²) in [5.74, 6) is -0.656. The van der Waals surface area contributed by atoms with E-state index in [1.807, 2.05) is 35.7 Å². The monoisotopic (exact) mass is 375 g/mol. The number of carbonyl (C=O) groups excluding carboxylic acids is 3. The fraction of sp³-hybridized carbons (Fsp3) is 0.278. The average Bonchev–Trinajstić information content (AvgIpc) is 3.16. The SMILES string of the molecule is COC(=O)C[C@H](NC(=O)CCNC(=O)Nc1ccccc1)c1cccs1. The molecular formula is C18H21N3O4S. The molecule has 0 saturated heterocycles. The van der Waals surface area contributed by atoms with Crippen molar-refractivity contribution >= 4 is 34.9 Å². The van der Waals surface area contributed by atoms with Gasteiger partial charge in [-0.3, -0.25) is 9.59 Å². The van der Waals surface area contributed by atoms with E-state index in [0.717, 1.165) is 4.88 Å². The van der Waals surface area contributed by atoms with Crippen LogP contribution in [0.5, 0.6) is 0 Å². The quantitative estimate of drug-likeness (QED) is 0.618. The molecule has 0 fully saturated rings. The van der Waals surface area contributed by atoms with Crippen LogP contribution < -0.4 is 16.0 Å². The van der Waals surface area contributed by atoms with E-state index >= 15 is 0 Å². The Morgan fingerprint density at radius 2 is 1.88 bits per heavy atom. The molecule has 0 aliphatic heterocycles. The highest BCUT2D eigenvalue weighted by Gasteiger charge is 2.19. The maximum absolute atomic E-state index is 12.1. The predicted octanol–water partition coefficient (Wildman–Crippen LogP) is 2.68. The molecule has 3 N–H and O–H groups in total. The summed E-state index contributed by atoms with van der Waals surface area (Å²) >= 11 is 1.45. The van der Waals surface area contributed by atoms with Crippen molar-refractivity contribution in [2.24, 2.45) is 0 Å². The van der Waals surface area contributed by atoms with Crippen LogP contribution in [-0.2, 0) is 14.3 Å². The van der Waals surface area contributed by atoms with E-state index in [2.05, 4.69) is 20.7 Å². The Balaban J connectivity index is 1.77. The van der Waals surface area contributed by atoms with Crippen LogP contribution in [-0.4, -0.2) is 31.6 Å². The van der Waals surface area contributed by atoms with Gasteiger partial charge in [0, 0.05) is 23.5 Å². The molecule has 0 aliphatic carbocycles. The third kappa shape index (κ3) is 6.56. The number of hydrogen-bond donors (Lipinski definition) is 3. The number of carbonyl (C=O) groups is 3. The lowest BCUT2D eigenvalue weighted by Crippen LogP contribution is -2.35. The lowest BCUT2D eigenvalue weighted by molar-refractivity contribution is -0.141. The Labute approximate surface area is 155 Å². The molecule has 26 heavy (non-hydrogen) atoms. The first-order valence-electron chi connectivity index (χ1n) is 8.08. The number of anilines is 1. The Hall–Kier alpha value is -2.87. The van der Waals surface area contributed by atoms with E-state index in [1.165, 1.54) is 18.4 Å². The Bertz CT molecular complexity index is 719. The molecule has 8 heteroatoms. The van der Waals surface area contributed by atoms with Gasteiger partial charge in [-0.2, -0.15) is 0 Å². The number of para-hydroxylation sites is 1. The van der Waals surface area contributed by atoms with Gasteiger partial charge in [0.05, 0.1) is 19.6 Å².